The van der Waals surface area contributed by atoms with E-state index in [2.05, 4.69) is 5.32 Å². The van der Waals surface area contributed by atoms with Crippen LogP contribution in [0.5, 0.6) is 11.5 Å². The highest BCUT2D eigenvalue weighted by molar-refractivity contribution is 7.88. The monoisotopic (exact) mass is 438 g/mol. The van der Waals surface area contributed by atoms with E-state index < -0.39 is 28.3 Å². The lowest BCUT2D eigenvalue weighted by atomic mass is 10.2. The van der Waals surface area contributed by atoms with Crippen LogP contribution in [0.1, 0.15) is 25.0 Å². The molecule has 0 aromatic heterocycles. The Morgan fingerprint density at radius 3 is 2.37 bits per heavy atom. The van der Waals surface area contributed by atoms with Crippen molar-refractivity contribution in [1.82, 2.24) is 9.62 Å². The molecular weight excluding hydrogens is 411 g/mol. The van der Waals surface area contributed by atoms with Crippen LogP contribution in [0.3, 0.4) is 0 Å². The van der Waals surface area contributed by atoms with Gasteiger partial charge in [0.2, 0.25) is 15.9 Å². The molecular formula is C21H27FN2O5S. The Labute approximate surface area is 176 Å². The number of hydrogen-bond donors (Lipinski definition) is 1. The number of carbonyl (C=O) groups is 1. The second-order valence-corrected chi connectivity index (χ2v) is 8.53. The molecule has 0 aliphatic rings. The van der Waals surface area contributed by atoms with Crippen LogP contribution >= 0.6 is 0 Å². The summed E-state index contributed by atoms with van der Waals surface area (Å²) in [7, 11) is -3.71. The fraction of sp³-hybridized carbons (Fsp3) is 0.381. The van der Waals surface area contributed by atoms with Crippen LogP contribution in [0.2, 0.25) is 0 Å². The van der Waals surface area contributed by atoms with Crippen LogP contribution in [-0.2, 0) is 27.9 Å². The van der Waals surface area contributed by atoms with Crippen molar-refractivity contribution in [1.29, 1.82) is 0 Å². The number of amides is 1. The van der Waals surface area contributed by atoms with Crippen molar-refractivity contribution < 1.29 is 27.1 Å². The van der Waals surface area contributed by atoms with Gasteiger partial charge in [-0.1, -0.05) is 24.3 Å². The third-order valence-electron chi connectivity index (χ3n) is 4.19. The van der Waals surface area contributed by atoms with E-state index >= 15 is 0 Å². The Morgan fingerprint density at radius 1 is 1.07 bits per heavy atom. The molecule has 0 aliphatic carbocycles. The summed E-state index contributed by atoms with van der Waals surface area (Å²) in [6.45, 7) is 4.24. The minimum atomic E-state index is -3.71. The first kappa shape index (κ1) is 23.6. The Bertz CT molecular complexity index is 966. The maximum Gasteiger partial charge on any atom is 0.235 e. The standard InChI is InChI=1S/C21H27FN2O5S/c1-4-28-19-11-10-16(12-20(19)29-5-2)13-23-21(25)15-24(30(3,26)27)14-17-8-6-7-9-18(17)22/h6-12H,4-5,13-15H2,1-3H3,(H,23,25). The first-order valence-corrected chi connectivity index (χ1v) is 11.4. The van der Waals surface area contributed by atoms with Gasteiger partial charge in [-0.15, -0.1) is 0 Å². The van der Waals surface area contributed by atoms with E-state index in [0.29, 0.717) is 24.7 Å². The number of halogens is 1. The van der Waals surface area contributed by atoms with E-state index in [1.165, 1.54) is 18.2 Å². The second kappa shape index (κ2) is 10.9. The molecule has 0 fully saturated rings. The minimum absolute atomic E-state index is 0.183. The molecule has 0 radical (unpaired) electrons. The second-order valence-electron chi connectivity index (χ2n) is 6.55. The van der Waals surface area contributed by atoms with Crippen molar-refractivity contribution in [2.24, 2.45) is 0 Å². The molecule has 0 aliphatic heterocycles. The molecule has 0 heterocycles. The molecule has 0 saturated carbocycles. The van der Waals surface area contributed by atoms with Gasteiger partial charge in [0.15, 0.2) is 11.5 Å². The lowest BCUT2D eigenvalue weighted by Crippen LogP contribution is -2.39. The van der Waals surface area contributed by atoms with Gasteiger partial charge < -0.3 is 14.8 Å². The Balaban J connectivity index is 2.04. The zero-order valence-electron chi connectivity index (χ0n) is 17.4. The summed E-state index contributed by atoms with van der Waals surface area (Å²) in [5.74, 6) is 0.166. The number of sulfonamides is 1. The van der Waals surface area contributed by atoms with Gasteiger partial charge in [0.05, 0.1) is 26.0 Å². The molecule has 2 rings (SSSR count). The number of carbonyl (C=O) groups excluding carboxylic acids is 1. The molecule has 0 bridgehead atoms. The highest BCUT2D eigenvalue weighted by atomic mass is 32.2. The van der Waals surface area contributed by atoms with Crippen molar-refractivity contribution in [2.75, 3.05) is 26.0 Å². The highest BCUT2D eigenvalue weighted by Gasteiger charge is 2.21. The van der Waals surface area contributed by atoms with Crippen LogP contribution in [0.15, 0.2) is 42.5 Å². The van der Waals surface area contributed by atoms with E-state index in [1.807, 2.05) is 13.8 Å². The van der Waals surface area contributed by atoms with E-state index in [4.69, 9.17) is 9.47 Å². The fourth-order valence-corrected chi connectivity index (χ4v) is 3.45. The topological polar surface area (TPSA) is 84.9 Å². The molecule has 1 N–H and O–H groups in total. The van der Waals surface area contributed by atoms with Crippen molar-refractivity contribution in [3.05, 3.63) is 59.4 Å². The van der Waals surface area contributed by atoms with E-state index in [-0.39, 0.29) is 18.7 Å². The average molecular weight is 439 g/mol. The summed E-state index contributed by atoms with van der Waals surface area (Å²) < 4.78 is 50.0. The Morgan fingerprint density at radius 2 is 1.73 bits per heavy atom. The van der Waals surface area contributed by atoms with Gasteiger partial charge in [-0.2, -0.15) is 4.31 Å². The van der Waals surface area contributed by atoms with Gasteiger partial charge >= 0.3 is 0 Å². The maximum absolute atomic E-state index is 13.9. The molecule has 164 valence electrons. The van der Waals surface area contributed by atoms with Crippen LogP contribution in [0.25, 0.3) is 0 Å². The zero-order chi connectivity index (χ0) is 22.1. The smallest absolute Gasteiger partial charge is 0.235 e. The van der Waals surface area contributed by atoms with Crippen LogP contribution in [0, 0.1) is 5.82 Å². The first-order chi connectivity index (χ1) is 14.2. The summed E-state index contributed by atoms with van der Waals surface area (Å²) in [6.07, 6.45) is 0.988. The van der Waals surface area contributed by atoms with Gasteiger partial charge in [-0.25, -0.2) is 12.8 Å². The van der Waals surface area contributed by atoms with Gasteiger partial charge in [0.25, 0.3) is 0 Å². The van der Waals surface area contributed by atoms with Crippen LogP contribution in [-0.4, -0.2) is 44.6 Å². The summed E-state index contributed by atoms with van der Waals surface area (Å²) in [6, 6.07) is 11.2. The number of nitrogens with zero attached hydrogens (tertiary/aromatic N) is 1. The third-order valence-corrected chi connectivity index (χ3v) is 5.39. The number of rotatable bonds is 11. The molecule has 2 aromatic carbocycles. The predicted molar refractivity (Wildman–Crippen MR) is 112 cm³/mol. The molecule has 0 spiro atoms. The zero-order valence-corrected chi connectivity index (χ0v) is 18.2. The lowest BCUT2D eigenvalue weighted by Gasteiger charge is -2.20. The molecule has 9 heteroatoms. The van der Waals surface area contributed by atoms with Crippen LogP contribution < -0.4 is 14.8 Å². The van der Waals surface area contributed by atoms with Gasteiger partial charge in [0, 0.05) is 18.7 Å². The molecule has 0 atom stereocenters. The Kier molecular flexibility index (Phi) is 8.61. The molecule has 30 heavy (non-hydrogen) atoms. The van der Waals surface area contributed by atoms with E-state index in [9.17, 15) is 17.6 Å². The minimum Gasteiger partial charge on any atom is -0.490 e. The third kappa shape index (κ3) is 7.00. The SMILES string of the molecule is CCOc1ccc(CNC(=O)CN(Cc2ccccc2F)S(C)(=O)=O)cc1OCC. The Hall–Kier alpha value is -2.65. The molecule has 2 aromatic rings. The average Bonchev–Trinajstić information content (AvgIpc) is 2.69. The molecule has 1 amide bonds. The fourth-order valence-electron chi connectivity index (χ4n) is 2.73. The normalized spacial score (nSPS) is 11.4. The molecule has 7 nitrogen and oxygen atoms in total. The molecule has 0 saturated heterocycles. The number of benzene rings is 2. The van der Waals surface area contributed by atoms with Crippen molar-refractivity contribution in [3.8, 4) is 11.5 Å². The number of ether oxygens (including phenoxy) is 2. The van der Waals surface area contributed by atoms with E-state index in [0.717, 1.165) is 16.1 Å². The summed E-state index contributed by atoms with van der Waals surface area (Å²) in [4.78, 5) is 12.4. The predicted octanol–water partition coefficient (Wildman–Crippen LogP) is 2.70. The molecule has 0 unspecified atom stereocenters. The first-order valence-electron chi connectivity index (χ1n) is 9.58. The lowest BCUT2D eigenvalue weighted by molar-refractivity contribution is -0.121. The van der Waals surface area contributed by atoms with Gasteiger partial charge in [-0.05, 0) is 37.6 Å². The highest BCUT2D eigenvalue weighted by Crippen LogP contribution is 2.28. The summed E-state index contributed by atoms with van der Waals surface area (Å²) >= 11 is 0. The number of nitrogens with one attached hydrogen (secondary N) is 1. The maximum atomic E-state index is 13.9. The van der Waals surface area contributed by atoms with Crippen molar-refractivity contribution in [3.63, 3.8) is 0 Å². The van der Waals surface area contributed by atoms with Crippen LogP contribution in [0.4, 0.5) is 4.39 Å². The quantitative estimate of drug-likeness (QED) is 0.583. The summed E-state index contributed by atoms with van der Waals surface area (Å²) in [5.41, 5.74) is 0.971. The van der Waals surface area contributed by atoms with E-state index in [1.54, 1.807) is 24.3 Å². The van der Waals surface area contributed by atoms with Crippen molar-refractivity contribution >= 4 is 15.9 Å². The largest absolute Gasteiger partial charge is 0.490 e. The van der Waals surface area contributed by atoms with Gasteiger partial charge in [0.1, 0.15) is 5.82 Å². The van der Waals surface area contributed by atoms with Crippen molar-refractivity contribution in [2.45, 2.75) is 26.9 Å². The number of hydrogen-bond acceptors (Lipinski definition) is 5. The summed E-state index contributed by atoms with van der Waals surface area (Å²) in [5, 5.41) is 2.69. The van der Waals surface area contributed by atoms with Gasteiger partial charge in [-0.3, -0.25) is 4.79 Å².